The van der Waals surface area contributed by atoms with Crippen LogP contribution in [0.5, 0.6) is 0 Å². The highest BCUT2D eigenvalue weighted by Crippen LogP contribution is 2.24. The summed E-state index contributed by atoms with van der Waals surface area (Å²) in [7, 11) is 0. The van der Waals surface area contributed by atoms with Crippen LogP contribution in [-0.4, -0.2) is 15.2 Å². The Hall–Kier alpha value is -1.27. The lowest BCUT2D eigenvalue weighted by atomic mass is 10.1. The van der Waals surface area contributed by atoms with Gasteiger partial charge in [-0.25, -0.2) is 9.37 Å². The van der Waals surface area contributed by atoms with E-state index in [-0.39, 0.29) is 11.9 Å². The monoisotopic (exact) mass is 298 g/mol. The molecule has 0 bridgehead atoms. The summed E-state index contributed by atoms with van der Waals surface area (Å²) in [5.41, 5.74) is 1.01. The predicted octanol–water partition coefficient (Wildman–Crippen LogP) is 2.56. The van der Waals surface area contributed by atoms with Gasteiger partial charge in [-0.2, -0.15) is 5.10 Å². The van der Waals surface area contributed by atoms with Crippen LogP contribution in [0.1, 0.15) is 24.4 Å². The number of aromatic nitrogens is 3. The average molecular weight is 299 g/mol. The maximum atomic E-state index is 12.9. The molecule has 17 heavy (non-hydrogen) atoms. The van der Waals surface area contributed by atoms with Gasteiger partial charge in [0.1, 0.15) is 18.0 Å². The highest BCUT2D eigenvalue weighted by molar-refractivity contribution is 9.10. The normalized spacial score (nSPS) is 12.6. The minimum absolute atomic E-state index is 0.0927. The molecule has 0 fully saturated rings. The smallest absolute Gasteiger partial charge is 0.138 e. The average Bonchev–Trinajstić information content (AvgIpc) is 2.78. The Bertz CT molecular complexity index is 486. The van der Waals surface area contributed by atoms with Crippen LogP contribution < -0.4 is 5.32 Å². The van der Waals surface area contributed by atoms with Gasteiger partial charge in [0.15, 0.2) is 0 Å². The molecule has 2 aromatic rings. The van der Waals surface area contributed by atoms with Crippen molar-refractivity contribution >= 4 is 15.9 Å². The van der Waals surface area contributed by atoms with Crippen molar-refractivity contribution in [2.24, 2.45) is 0 Å². The Kier molecular flexibility index (Phi) is 3.86. The second-order valence-electron chi connectivity index (χ2n) is 3.70. The zero-order valence-electron chi connectivity index (χ0n) is 9.24. The minimum Gasteiger partial charge on any atom is -0.303 e. The third kappa shape index (κ3) is 3.10. The molecule has 0 amide bonds. The van der Waals surface area contributed by atoms with Crippen LogP contribution in [0.25, 0.3) is 0 Å². The van der Waals surface area contributed by atoms with Gasteiger partial charge in [-0.3, -0.25) is 5.10 Å². The number of benzene rings is 1. The molecular formula is C11H12BrFN4. The fraction of sp³-hybridized carbons (Fsp3) is 0.273. The van der Waals surface area contributed by atoms with Crippen LogP contribution in [0.3, 0.4) is 0 Å². The van der Waals surface area contributed by atoms with Gasteiger partial charge < -0.3 is 5.32 Å². The van der Waals surface area contributed by atoms with Gasteiger partial charge in [0.2, 0.25) is 0 Å². The van der Waals surface area contributed by atoms with E-state index in [1.165, 1.54) is 18.5 Å². The van der Waals surface area contributed by atoms with E-state index in [2.05, 4.69) is 36.4 Å². The molecule has 2 rings (SSSR count). The van der Waals surface area contributed by atoms with Crippen LogP contribution in [-0.2, 0) is 6.54 Å². The molecule has 0 saturated carbocycles. The molecule has 0 radical (unpaired) electrons. The van der Waals surface area contributed by atoms with Crippen molar-refractivity contribution < 1.29 is 4.39 Å². The number of halogens is 2. The lowest BCUT2D eigenvalue weighted by Gasteiger charge is -2.14. The maximum Gasteiger partial charge on any atom is 0.138 e. The first kappa shape index (κ1) is 12.2. The topological polar surface area (TPSA) is 53.6 Å². The number of nitrogens with zero attached hydrogens (tertiary/aromatic N) is 2. The number of aromatic amines is 1. The molecule has 90 valence electrons. The largest absolute Gasteiger partial charge is 0.303 e. The molecule has 1 atom stereocenters. The van der Waals surface area contributed by atoms with Gasteiger partial charge in [0.05, 0.1) is 6.54 Å². The molecule has 0 aliphatic carbocycles. The second kappa shape index (κ2) is 5.37. The molecule has 0 saturated heterocycles. The van der Waals surface area contributed by atoms with E-state index in [4.69, 9.17) is 0 Å². The number of rotatable bonds is 4. The molecule has 0 spiro atoms. The first-order valence-electron chi connectivity index (χ1n) is 5.19. The molecule has 1 unspecified atom stereocenters. The SMILES string of the molecule is CC(NCc1ncn[nH]1)c1ccc(F)cc1Br. The molecule has 1 aromatic heterocycles. The Balaban J connectivity index is 2.01. The van der Waals surface area contributed by atoms with Crippen LogP contribution in [0.4, 0.5) is 4.39 Å². The van der Waals surface area contributed by atoms with Gasteiger partial charge in [-0.15, -0.1) is 0 Å². The van der Waals surface area contributed by atoms with Crippen LogP contribution >= 0.6 is 15.9 Å². The van der Waals surface area contributed by atoms with Crippen molar-refractivity contribution in [3.05, 3.63) is 46.2 Å². The first-order valence-corrected chi connectivity index (χ1v) is 5.98. The molecular weight excluding hydrogens is 287 g/mol. The van der Waals surface area contributed by atoms with E-state index in [0.29, 0.717) is 6.54 Å². The number of H-pyrrole nitrogens is 1. The lowest BCUT2D eigenvalue weighted by molar-refractivity contribution is 0.555. The number of nitrogens with one attached hydrogen (secondary N) is 2. The highest BCUT2D eigenvalue weighted by atomic mass is 79.9. The van der Waals surface area contributed by atoms with Crippen molar-refractivity contribution in [2.45, 2.75) is 19.5 Å². The van der Waals surface area contributed by atoms with Gasteiger partial charge in [0, 0.05) is 10.5 Å². The summed E-state index contributed by atoms with van der Waals surface area (Å²) >= 11 is 3.35. The van der Waals surface area contributed by atoms with Gasteiger partial charge in [0.25, 0.3) is 0 Å². The minimum atomic E-state index is -0.247. The van der Waals surface area contributed by atoms with E-state index in [1.807, 2.05) is 6.92 Å². The van der Waals surface area contributed by atoms with Crippen LogP contribution in [0.2, 0.25) is 0 Å². The summed E-state index contributed by atoms with van der Waals surface area (Å²) in [4.78, 5) is 4.02. The van der Waals surface area contributed by atoms with Crippen molar-refractivity contribution in [1.82, 2.24) is 20.5 Å². The van der Waals surface area contributed by atoms with Crippen LogP contribution in [0.15, 0.2) is 29.0 Å². The summed E-state index contributed by atoms with van der Waals surface area (Å²) in [6.45, 7) is 2.60. The summed E-state index contributed by atoms with van der Waals surface area (Å²) in [6, 6.07) is 4.77. The Morgan fingerprint density at radius 1 is 1.53 bits per heavy atom. The van der Waals surface area contributed by atoms with E-state index in [9.17, 15) is 4.39 Å². The Labute approximate surface area is 107 Å². The van der Waals surface area contributed by atoms with Crippen molar-refractivity contribution in [3.8, 4) is 0 Å². The number of hydrogen-bond acceptors (Lipinski definition) is 3. The summed E-state index contributed by atoms with van der Waals surface area (Å²) in [5, 5.41) is 9.81. The Morgan fingerprint density at radius 3 is 3.00 bits per heavy atom. The molecule has 0 aliphatic rings. The maximum absolute atomic E-state index is 12.9. The number of hydrogen-bond donors (Lipinski definition) is 2. The van der Waals surface area contributed by atoms with Gasteiger partial charge >= 0.3 is 0 Å². The first-order chi connectivity index (χ1) is 8.16. The van der Waals surface area contributed by atoms with E-state index in [1.54, 1.807) is 6.07 Å². The Morgan fingerprint density at radius 2 is 2.35 bits per heavy atom. The van der Waals surface area contributed by atoms with Gasteiger partial charge in [-0.1, -0.05) is 22.0 Å². The lowest BCUT2D eigenvalue weighted by Crippen LogP contribution is -2.19. The third-order valence-electron chi connectivity index (χ3n) is 2.47. The molecule has 1 aromatic carbocycles. The van der Waals surface area contributed by atoms with E-state index < -0.39 is 0 Å². The third-order valence-corrected chi connectivity index (χ3v) is 3.16. The van der Waals surface area contributed by atoms with Crippen molar-refractivity contribution in [1.29, 1.82) is 0 Å². The fourth-order valence-corrected chi connectivity index (χ4v) is 2.22. The predicted molar refractivity (Wildman–Crippen MR) is 65.7 cm³/mol. The van der Waals surface area contributed by atoms with E-state index in [0.717, 1.165) is 15.9 Å². The second-order valence-corrected chi connectivity index (χ2v) is 4.55. The van der Waals surface area contributed by atoms with Crippen molar-refractivity contribution in [2.75, 3.05) is 0 Å². The highest BCUT2D eigenvalue weighted by Gasteiger charge is 2.10. The van der Waals surface area contributed by atoms with Crippen LogP contribution in [0, 0.1) is 5.82 Å². The quantitative estimate of drug-likeness (QED) is 0.912. The molecule has 2 N–H and O–H groups in total. The molecule has 4 nitrogen and oxygen atoms in total. The zero-order chi connectivity index (χ0) is 12.3. The molecule has 0 aliphatic heterocycles. The summed E-state index contributed by atoms with van der Waals surface area (Å²) in [6.07, 6.45) is 1.47. The zero-order valence-corrected chi connectivity index (χ0v) is 10.8. The van der Waals surface area contributed by atoms with E-state index >= 15 is 0 Å². The van der Waals surface area contributed by atoms with Crippen molar-refractivity contribution in [3.63, 3.8) is 0 Å². The summed E-state index contributed by atoms with van der Waals surface area (Å²) in [5.74, 6) is 0.526. The fourth-order valence-electron chi connectivity index (χ4n) is 1.53. The van der Waals surface area contributed by atoms with Gasteiger partial charge in [-0.05, 0) is 24.6 Å². The molecule has 1 heterocycles. The molecule has 6 heteroatoms. The summed E-state index contributed by atoms with van der Waals surface area (Å²) < 4.78 is 13.7. The standard InChI is InChI=1S/C11H12BrFN4/c1-7(14-5-11-15-6-16-17-11)9-3-2-8(13)4-10(9)12/h2-4,6-7,14H,5H2,1H3,(H,15,16,17).